The molecule has 3 atom stereocenters. The second kappa shape index (κ2) is 4.49. The number of carbonyl (C=O) groups excluding carboxylic acids is 1. The molecule has 2 heterocycles. The van der Waals surface area contributed by atoms with Crippen LogP contribution in [0.25, 0.3) is 0 Å². The van der Waals surface area contributed by atoms with Crippen LogP contribution in [0.3, 0.4) is 0 Å². The molecule has 2 aromatic rings. The van der Waals surface area contributed by atoms with Crippen molar-refractivity contribution in [3.05, 3.63) is 56.8 Å². The molecular weight excluding hydrogens is 297 g/mol. The van der Waals surface area contributed by atoms with Crippen molar-refractivity contribution < 1.29 is 9.18 Å². The van der Waals surface area contributed by atoms with Crippen LogP contribution in [-0.2, 0) is 13.0 Å². The molecule has 4 aliphatic rings. The fourth-order valence-corrected chi connectivity index (χ4v) is 4.83. The summed E-state index contributed by atoms with van der Waals surface area (Å²) in [4.78, 5) is 15.9. The third-order valence-electron chi connectivity index (χ3n) is 5.27. The Morgan fingerprint density at radius 3 is 2.91 bits per heavy atom. The van der Waals surface area contributed by atoms with E-state index in [1.54, 1.807) is 0 Å². The van der Waals surface area contributed by atoms with E-state index in [-0.39, 0.29) is 17.7 Å². The van der Waals surface area contributed by atoms with Gasteiger partial charge in [-0.05, 0) is 41.5 Å². The summed E-state index contributed by atoms with van der Waals surface area (Å²) >= 11 is 1.82. The lowest BCUT2D eigenvalue weighted by Crippen LogP contribution is -2.36. The third kappa shape index (κ3) is 1.77. The zero-order valence-electron chi connectivity index (χ0n) is 12.1. The second-order valence-corrected chi connectivity index (χ2v) is 7.58. The molecule has 4 heteroatoms. The lowest BCUT2D eigenvalue weighted by Gasteiger charge is -2.37. The van der Waals surface area contributed by atoms with Gasteiger partial charge in [-0.2, -0.15) is 0 Å². The molecule has 0 spiro atoms. The zero-order chi connectivity index (χ0) is 14.8. The molecule has 0 N–H and O–H groups in total. The fraction of sp³-hybridized carbons (Fsp3) is 0.389. The molecule has 0 saturated heterocycles. The smallest absolute Gasteiger partial charge is 0.193 e. The van der Waals surface area contributed by atoms with E-state index in [0.29, 0.717) is 6.42 Å². The first-order valence-electron chi connectivity index (χ1n) is 7.84. The maximum Gasteiger partial charge on any atom is 0.193 e. The van der Waals surface area contributed by atoms with Crippen molar-refractivity contribution in [3.63, 3.8) is 0 Å². The minimum Gasteiger partial charge on any atom is -0.291 e. The molecule has 1 fully saturated rings. The summed E-state index contributed by atoms with van der Waals surface area (Å²) in [5.74, 6) is 0.197. The highest BCUT2D eigenvalue weighted by Gasteiger charge is 2.48. The van der Waals surface area contributed by atoms with Gasteiger partial charge in [0.1, 0.15) is 6.17 Å². The maximum absolute atomic E-state index is 13.8. The van der Waals surface area contributed by atoms with Gasteiger partial charge in [-0.3, -0.25) is 9.69 Å². The number of hydrogen-bond donors (Lipinski definition) is 0. The summed E-state index contributed by atoms with van der Waals surface area (Å²) < 4.78 is 13.8. The van der Waals surface area contributed by atoms with E-state index >= 15 is 0 Å². The Labute approximate surface area is 132 Å². The van der Waals surface area contributed by atoms with Gasteiger partial charge < -0.3 is 0 Å². The average Bonchev–Trinajstić information content (AvgIpc) is 3.07. The van der Waals surface area contributed by atoms with Crippen LogP contribution >= 0.6 is 11.3 Å². The topological polar surface area (TPSA) is 20.3 Å². The first-order valence-corrected chi connectivity index (χ1v) is 8.72. The molecule has 3 unspecified atom stereocenters. The second-order valence-electron chi connectivity index (χ2n) is 6.58. The molecule has 2 bridgehead atoms. The van der Waals surface area contributed by atoms with Gasteiger partial charge in [-0.25, -0.2) is 4.39 Å². The summed E-state index contributed by atoms with van der Waals surface area (Å²) in [7, 11) is 0. The number of nitrogens with zero attached hydrogens (tertiary/aromatic N) is 1. The molecule has 1 aromatic heterocycles. The van der Waals surface area contributed by atoms with E-state index in [2.05, 4.69) is 16.3 Å². The Balaban J connectivity index is 1.52. The normalized spacial score (nSPS) is 27.2. The van der Waals surface area contributed by atoms with Crippen molar-refractivity contribution in [2.75, 3.05) is 6.54 Å². The molecular formula is C18H16FNOS. The predicted molar refractivity (Wildman–Crippen MR) is 84.1 cm³/mol. The third-order valence-corrected chi connectivity index (χ3v) is 6.30. The first-order chi connectivity index (χ1) is 10.7. The molecule has 0 amide bonds. The highest BCUT2D eigenvalue weighted by atomic mass is 32.1. The van der Waals surface area contributed by atoms with Gasteiger partial charge in [0, 0.05) is 41.1 Å². The van der Waals surface area contributed by atoms with Gasteiger partial charge in [0.25, 0.3) is 0 Å². The predicted octanol–water partition coefficient (Wildman–Crippen LogP) is 3.75. The molecule has 3 aliphatic carbocycles. The Morgan fingerprint density at radius 1 is 1.32 bits per heavy atom. The number of halogens is 1. The van der Waals surface area contributed by atoms with Gasteiger partial charge in [0.15, 0.2) is 5.78 Å². The lowest BCUT2D eigenvalue weighted by molar-refractivity contribution is 0.101. The Hall–Kier alpha value is -1.52. The number of hydrogen-bond acceptors (Lipinski definition) is 3. The first kappa shape index (κ1) is 13.0. The van der Waals surface area contributed by atoms with E-state index < -0.39 is 6.17 Å². The van der Waals surface area contributed by atoms with Crippen LogP contribution in [0.1, 0.15) is 44.4 Å². The maximum atomic E-state index is 13.8. The van der Waals surface area contributed by atoms with Crippen molar-refractivity contribution in [1.29, 1.82) is 0 Å². The minimum absolute atomic E-state index is 0.0516. The summed E-state index contributed by atoms with van der Waals surface area (Å²) in [6.45, 7) is 1.83. The minimum atomic E-state index is -0.712. The standard InChI is InChI=1S/C18H16FNOS/c19-15-8-14(15)17(12-2-1-10-7-13(12)18(10)21)20-5-3-16-11(9-20)4-6-22-16/h1-2,4,6-7,14-15,17H,3,5,8-9H2. The van der Waals surface area contributed by atoms with Crippen LogP contribution in [0.5, 0.6) is 0 Å². The van der Waals surface area contributed by atoms with Crippen molar-refractivity contribution in [2.24, 2.45) is 5.92 Å². The zero-order valence-corrected chi connectivity index (χ0v) is 12.9. The van der Waals surface area contributed by atoms with Gasteiger partial charge in [-0.15, -0.1) is 11.3 Å². The van der Waals surface area contributed by atoms with Crippen molar-refractivity contribution in [2.45, 2.75) is 31.6 Å². The molecule has 1 aromatic carbocycles. The number of thiophene rings is 1. The van der Waals surface area contributed by atoms with Gasteiger partial charge in [0.05, 0.1) is 0 Å². The highest BCUT2D eigenvalue weighted by molar-refractivity contribution is 7.10. The monoisotopic (exact) mass is 313 g/mol. The van der Waals surface area contributed by atoms with Crippen LogP contribution in [0.15, 0.2) is 29.6 Å². The Kier molecular flexibility index (Phi) is 2.65. The lowest BCUT2D eigenvalue weighted by atomic mass is 9.82. The number of carbonyl (C=O) groups is 1. The number of rotatable bonds is 3. The summed E-state index contributed by atoms with van der Waals surface area (Å²) in [5, 5.41) is 2.14. The van der Waals surface area contributed by atoms with Gasteiger partial charge in [0.2, 0.25) is 0 Å². The molecule has 1 aliphatic heterocycles. The number of ketones is 1. The van der Waals surface area contributed by atoms with Gasteiger partial charge >= 0.3 is 0 Å². The van der Waals surface area contributed by atoms with Crippen LogP contribution in [0.2, 0.25) is 0 Å². The van der Waals surface area contributed by atoms with Crippen molar-refractivity contribution in [1.82, 2.24) is 4.90 Å². The number of fused-ring (bicyclic) bond motifs is 3. The van der Waals surface area contributed by atoms with Crippen LogP contribution < -0.4 is 0 Å². The van der Waals surface area contributed by atoms with E-state index in [0.717, 1.165) is 36.2 Å². The fourth-order valence-electron chi connectivity index (χ4n) is 3.94. The molecule has 1 saturated carbocycles. The van der Waals surface area contributed by atoms with Gasteiger partial charge in [-0.1, -0.05) is 12.1 Å². The average molecular weight is 313 g/mol. The van der Waals surface area contributed by atoms with E-state index in [1.807, 2.05) is 29.5 Å². The molecule has 6 rings (SSSR count). The number of benzene rings is 1. The summed E-state index contributed by atoms with van der Waals surface area (Å²) in [6.07, 6.45) is 0.956. The van der Waals surface area contributed by atoms with E-state index in [9.17, 15) is 9.18 Å². The van der Waals surface area contributed by atoms with Crippen LogP contribution in [0.4, 0.5) is 4.39 Å². The quantitative estimate of drug-likeness (QED) is 0.734. The van der Waals surface area contributed by atoms with Crippen molar-refractivity contribution >= 4 is 17.1 Å². The molecule has 2 nitrogen and oxygen atoms in total. The Morgan fingerprint density at radius 2 is 2.18 bits per heavy atom. The van der Waals surface area contributed by atoms with Crippen LogP contribution in [-0.4, -0.2) is 23.4 Å². The van der Waals surface area contributed by atoms with E-state index in [1.165, 1.54) is 10.4 Å². The van der Waals surface area contributed by atoms with E-state index in [4.69, 9.17) is 0 Å². The summed E-state index contributed by atoms with van der Waals surface area (Å²) in [5.41, 5.74) is 4.03. The van der Waals surface area contributed by atoms with Crippen molar-refractivity contribution in [3.8, 4) is 0 Å². The largest absolute Gasteiger partial charge is 0.291 e. The molecule has 22 heavy (non-hydrogen) atoms. The molecule has 0 radical (unpaired) electrons. The number of alkyl halides is 1. The molecule has 112 valence electrons. The highest BCUT2D eigenvalue weighted by Crippen LogP contribution is 2.50. The SMILES string of the molecule is O=C1c2ccc(C(C3CC3F)N3CCc4sccc4C3)c1c2. The summed E-state index contributed by atoms with van der Waals surface area (Å²) in [6, 6.07) is 8.14. The van der Waals surface area contributed by atoms with Crippen LogP contribution in [0, 0.1) is 5.92 Å². The Bertz CT molecular complexity index is 779.